The van der Waals surface area contributed by atoms with Crippen LogP contribution in [-0.2, 0) is 14.3 Å². The van der Waals surface area contributed by atoms with Crippen LogP contribution >= 0.6 is 0 Å². The van der Waals surface area contributed by atoms with E-state index in [1.807, 2.05) is 32.1 Å². The number of carbonyl (C=O) groups is 1. The molecule has 5 atom stereocenters. The molecular weight excluding hydrogens is 304 g/mol. The molecule has 0 bridgehead atoms. The highest BCUT2D eigenvalue weighted by molar-refractivity contribution is 5.79. The van der Waals surface area contributed by atoms with Crippen molar-refractivity contribution in [3.63, 3.8) is 0 Å². The number of esters is 1. The van der Waals surface area contributed by atoms with Crippen LogP contribution in [0.15, 0.2) is 36.0 Å². The van der Waals surface area contributed by atoms with E-state index in [1.165, 1.54) is 0 Å². The van der Waals surface area contributed by atoms with Crippen LogP contribution < -0.4 is 0 Å². The molecule has 2 heterocycles. The van der Waals surface area contributed by atoms with Gasteiger partial charge >= 0.3 is 5.97 Å². The summed E-state index contributed by atoms with van der Waals surface area (Å²) in [6.07, 6.45) is 9.30. The maximum absolute atomic E-state index is 12.6. The van der Waals surface area contributed by atoms with Gasteiger partial charge in [0, 0.05) is 5.92 Å². The van der Waals surface area contributed by atoms with Crippen molar-refractivity contribution in [2.45, 2.75) is 63.8 Å². The van der Waals surface area contributed by atoms with E-state index < -0.39 is 5.60 Å². The van der Waals surface area contributed by atoms with Crippen molar-refractivity contribution in [1.82, 2.24) is 0 Å². The summed E-state index contributed by atoms with van der Waals surface area (Å²) in [4.78, 5) is 12.6. The van der Waals surface area contributed by atoms with Gasteiger partial charge < -0.3 is 14.6 Å². The third-order valence-corrected chi connectivity index (χ3v) is 5.78. The van der Waals surface area contributed by atoms with Crippen LogP contribution in [0.25, 0.3) is 0 Å². The Labute approximate surface area is 144 Å². The molecule has 2 unspecified atom stereocenters. The average Bonchev–Trinajstić information content (AvgIpc) is 3.06. The Morgan fingerprint density at radius 2 is 2.17 bits per heavy atom. The van der Waals surface area contributed by atoms with Crippen LogP contribution in [-0.4, -0.2) is 35.0 Å². The van der Waals surface area contributed by atoms with Crippen molar-refractivity contribution in [1.29, 1.82) is 0 Å². The Hall–Kier alpha value is -1.39. The summed E-state index contributed by atoms with van der Waals surface area (Å²) in [6, 6.07) is 0. The summed E-state index contributed by atoms with van der Waals surface area (Å²) in [5.74, 6) is -0.666. The molecule has 1 aliphatic carbocycles. The van der Waals surface area contributed by atoms with Gasteiger partial charge in [-0.2, -0.15) is 0 Å². The third-order valence-electron chi connectivity index (χ3n) is 5.78. The van der Waals surface area contributed by atoms with E-state index in [1.54, 1.807) is 0 Å². The van der Waals surface area contributed by atoms with Gasteiger partial charge in [0.05, 0.1) is 24.2 Å². The van der Waals surface area contributed by atoms with Gasteiger partial charge in [-0.05, 0) is 52.5 Å². The van der Waals surface area contributed by atoms with Gasteiger partial charge in [0.1, 0.15) is 0 Å². The molecule has 3 aliphatic rings. The number of hydrogen-bond donors (Lipinski definition) is 1. The number of rotatable bonds is 3. The maximum atomic E-state index is 12.6. The maximum Gasteiger partial charge on any atom is 0.314 e. The van der Waals surface area contributed by atoms with Crippen molar-refractivity contribution in [3.8, 4) is 0 Å². The highest BCUT2D eigenvalue weighted by atomic mass is 16.6. The summed E-state index contributed by atoms with van der Waals surface area (Å²) in [6.45, 7) is 10.1. The smallest absolute Gasteiger partial charge is 0.314 e. The molecule has 3 fully saturated rings. The van der Waals surface area contributed by atoms with E-state index in [0.29, 0.717) is 0 Å². The molecule has 0 amide bonds. The number of allylic oxidation sites excluding steroid dienone is 3. The molecule has 1 N–H and O–H groups in total. The molecule has 0 aromatic rings. The lowest BCUT2D eigenvalue weighted by Gasteiger charge is -2.31. The second-order valence-electron chi connectivity index (χ2n) is 7.88. The summed E-state index contributed by atoms with van der Waals surface area (Å²) in [7, 11) is 0. The van der Waals surface area contributed by atoms with Crippen LogP contribution in [0.1, 0.15) is 46.5 Å². The fourth-order valence-corrected chi connectivity index (χ4v) is 4.19. The molecule has 4 nitrogen and oxygen atoms in total. The quantitative estimate of drug-likeness (QED) is 0.373. The van der Waals surface area contributed by atoms with Crippen LogP contribution in [0.3, 0.4) is 0 Å². The number of ether oxygens (including phenoxy) is 2. The van der Waals surface area contributed by atoms with E-state index in [4.69, 9.17) is 9.47 Å². The SMILES string of the molecule is C=C1CCC2O[C@@]2(C)CCC2[C@H]1C(=O)O[C@@]2(/C=C/C=C(C)C)CO. The first-order valence-corrected chi connectivity index (χ1v) is 8.83. The van der Waals surface area contributed by atoms with Crippen molar-refractivity contribution in [3.05, 3.63) is 36.0 Å². The predicted molar refractivity (Wildman–Crippen MR) is 92.3 cm³/mol. The standard InChI is InChI=1S/C20H28O4/c1-13(2)6-5-10-20(12-21)15-9-11-19(4)16(23-19)8-7-14(3)17(15)18(22)24-20/h5-6,10,15-17,21H,3,7-9,11-12H2,1-2,4H3/b10-5+/t15?,16?,17-,19-,20-/m0/s1. The normalized spacial score (nSPS) is 41.8. The minimum absolute atomic E-state index is 0.0916. The summed E-state index contributed by atoms with van der Waals surface area (Å²) < 4.78 is 11.6. The molecule has 0 aromatic heterocycles. The van der Waals surface area contributed by atoms with E-state index in [-0.39, 0.29) is 36.1 Å². The molecule has 24 heavy (non-hydrogen) atoms. The third kappa shape index (κ3) is 2.98. The molecule has 2 aliphatic heterocycles. The predicted octanol–water partition coefficient (Wildman–Crippen LogP) is 3.32. The number of epoxide rings is 1. The minimum Gasteiger partial charge on any atom is -0.452 e. The molecule has 0 aromatic carbocycles. The summed E-state index contributed by atoms with van der Waals surface area (Å²) in [5, 5.41) is 10.1. The molecule has 1 saturated carbocycles. The van der Waals surface area contributed by atoms with Crippen molar-refractivity contribution < 1.29 is 19.4 Å². The topological polar surface area (TPSA) is 59.1 Å². The van der Waals surface area contributed by atoms with Crippen molar-refractivity contribution >= 4 is 5.97 Å². The molecule has 132 valence electrons. The second kappa shape index (κ2) is 6.16. The lowest BCUT2D eigenvalue weighted by atomic mass is 9.74. The second-order valence-corrected chi connectivity index (χ2v) is 7.88. The van der Waals surface area contributed by atoms with Gasteiger partial charge in [-0.1, -0.05) is 29.9 Å². The number of carbonyl (C=O) groups excluding carboxylic acids is 1. The minimum atomic E-state index is -0.957. The molecular formula is C20H28O4. The Morgan fingerprint density at radius 1 is 1.42 bits per heavy atom. The van der Waals surface area contributed by atoms with Crippen molar-refractivity contribution in [2.24, 2.45) is 11.8 Å². The highest BCUT2D eigenvalue weighted by Crippen LogP contribution is 2.52. The number of hydrogen-bond acceptors (Lipinski definition) is 4. The Kier molecular flexibility index (Phi) is 4.47. The first-order chi connectivity index (χ1) is 11.3. The van der Waals surface area contributed by atoms with E-state index in [9.17, 15) is 9.90 Å². The van der Waals surface area contributed by atoms with Crippen LogP contribution in [0.5, 0.6) is 0 Å². The fourth-order valence-electron chi connectivity index (χ4n) is 4.19. The first kappa shape index (κ1) is 17.4. The lowest BCUT2D eigenvalue weighted by molar-refractivity contribution is -0.149. The zero-order chi connectivity index (χ0) is 17.5. The largest absolute Gasteiger partial charge is 0.452 e. The summed E-state index contributed by atoms with van der Waals surface area (Å²) in [5.41, 5.74) is 1.02. The van der Waals surface area contributed by atoms with Crippen LogP contribution in [0.4, 0.5) is 0 Å². The highest BCUT2D eigenvalue weighted by Gasteiger charge is 2.58. The van der Waals surface area contributed by atoms with Crippen LogP contribution in [0.2, 0.25) is 0 Å². The number of aliphatic hydroxyl groups is 1. The first-order valence-electron chi connectivity index (χ1n) is 8.83. The van der Waals surface area contributed by atoms with E-state index >= 15 is 0 Å². The van der Waals surface area contributed by atoms with Gasteiger partial charge in [-0.3, -0.25) is 4.79 Å². The molecule has 0 spiro atoms. The number of cyclic esters (lactones) is 1. The molecule has 3 rings (SSSR count). The lowest BCUT2D eigenvalue weighted by Crippen LogP contribution is -2.39. The van der Waals surface area contributed by atoms with Gasteiger partial charge in [0.2, 0.25) is 0 Å². The Morgan fingerprint density at radius 3 is 2.83 bits per heavy atom. The van der Waals surface area contributed by atoms with E-state index in [2.05, 4.69) is 13.5 Å². The van der Waals surface area contributed by atoms with Gasteiger partial charge in [-0.15, -0.1) is 0 Å². The van der Waals surface area contributed by atoms with Gasteiger partial charge in [0.25, 0.3) is 0 Å². The van der Waals surface area contributed by atoms with E-state index in [0.717, 1.165) is 36.8 Å². The Balaban J connectivity index is 1.92. The van der Waals surface area contributed by atoms with Gasteiger partial charge in [-0.25, -0.2) is 0 Å². The van der Waals surface area contributed by atoms with Gasteiger partial charge in [0.15, 0.2) is 5.60 Å². The number of fused-ring (bicyclic) bond motifs is 2. The van der Waals surface area contributed by atoms with Crippen molar-refractivity contribution in [2.75, 3.05) is 6.61 Å². The zero-order valence-corrected chi connectivity index (χ0v) is 14.9. The fraction of sp³-hybridized carbons (Fsp3) is 0.650. The zero-order valence-electron chi connectivity index (χ0n) is 14.9. The molecule has 0 radical (unpaired) electrons. The summed E-state index contributed by atoms with van der Waals surface area (Å²) >= 11 is 0. The van der Waals surface area contributed by atoms with Crippen LogP contribution in [0, 0.1) is 11.8 Å². The molecule has 2 saturated heterocycles. The Bertz CT molecular complexity index is 601. The average molecular weight is 332 g/mol. The number of aliphatic hydroxyl groups excluding tert-OH is 1. The monoisotopic (exact) mass is 332 g/mol. The molecule has 4 heteroatoms.